The van der Waals surface area contributed by atoms with E-state index < -0.39 is 17.2 Å². The molecule has 31 heavy (non-hydrogen) atoms. The highest BCUT2D eigenvalue weighted by molar-refractivity contribution is 8.00. The summed E-state index contributed by atoms with van der Waals surface area (Å²) in [6, 6.07) is 11.6. The molecule has 0 bridgehead atoms. The van der Waals surface area contributed by atoms with Gasteiger partial charge in [0.2, 0.25) is 5.91 Å². The van der Waals surface area contributed by atoms with E-state index in [0.29, 0.717) is 32.7 Å². The van der Waals surface area contributed by atoms with Gasteiger partial charge in [-0.05, 0) is 55.2 Å². The molecule has 3 rings (SSSR count). The fourth-order valence-electron chi connectivity index (χ4n) is 3.07. The van der Waals surface area contributed by atoms with Crippen LogP contribution in [0.3, 0.4) is 0 Å². The number of urea groups is 1. The van der Waals surface area contributed by atoms with Crippen LogP contribution in [0.15, 0.2) is 52.4 Å². The van der Waals surface area contributed by atoms with Gasteiger partial charge in [0.25, 0.3) is 5.56 Å². The van der Waals surface area contributed by atoms with Crippen LogP contribution in [0.25, 0.3) is 16.6 Å². The van der Waals surface area contributed by atoms with Crippen molar-refractivity contribution in [3.05, 3.63) is 63.4 Å². The molecular formula is C22H23ClN4O3S. The number of nitrogens with zero attached hydrogens (tertiary/aromatic N) is 2. The normalized spacial score (nSPS) is 13.0. The second kappa shape index (κ2) is 9.53. The van der Waals surface area contributed by atoms with Crippen molar-refractivity contribution in [3.63, 3.8) is 0 Å². The molecule has 0 radical (unpaired) electrons. The van der Waals surface area contributed by atoms with E-state index in [-0.39, 0.29) is 5.56 Å². The van der Waals surface area contributed by atoms with Gasteiger partial charge in [-0.3, -0.25) is 19.5 Å². The van der Waals surface area contributed by atoms with E-state index in [1.807, 2.05) is 24.3 Å². The number of amides is 3. The van der Waals surface area contributed by atoms with E-state index in [1.54, 1.807) is 25.1 Å². The van der Waals surface area contributed by atoms with E-state index in [0.717, 1.165) is 18.2 Å². The van der Waals surface area contributed by atoms with Crippen LogP contribution in [-0.2, 0) is 4.79 Å². The summed E-state index contributed by atoms with van der Waals surface area (Å²) in [6.45, 7) is 5.87. The Balaban J connectivity index is 2.14. The summed E-state index contributed by atoms with van der Waals surface area (Å²) < 4.78 is 1.46. The maximum absolute atomic E-state index is 13.4. The largest absolute Gasteiger partial charge is 0.351 e. The number of benzene rings is 2. The van der Waals surface area contributed by atoms with E-state index in [2.05, 4.69) is 24.1 Å². The third kappa shape index (κ3) is 5.08. The topological polar surface area (TPSA) is 107 Å². The molecule has 1 aromatic heterocycles. The Morgan fingerprint density at radius 1 is 1.19 bits per heavy atom. The van der Waals surface area contributed by atoms with Gasteiger partial charge < -0.3 is 5.73 Å². The number of imide groups is 1. The molecule has 0 saturated carbocycles. The maximum Gasteiger partial charge on any atom is 0.318 e. The zero-order valence-corrected chi connectivity index (χ0v) is 19.0. The lowest BCUT2D eigenvalue weighted by Crippen LogP contribution is -2.39. The molecule has 0 fully saturated rings. The molecule has 7 nitrogen and oxygen atoms in total. The minimum absolute atomic E-state index is 0.297. The summed E-state index contributed by atoms with van der Waals surface area (Å²) in [5, 5.41) is 2.47. The number of nitrogens with two attached hydrogens (primary N) is 1. The van der Waals surface area contributed by atoms with Crippen LogP contribution in [-0.4, -0.2) is 26.7 Å². The number of hydrogen-bond acceptors (Lipinski definition) is 5. The monoisotopic (exact) mass is 458 g/mol. The smallest absolute Gasteiger partial charge is 0.318 e. The molecule has 2 unspecified atom stereocenters. The van der Waals surface area contributed by atoms with Gasteiger partial charge in [0.1, 0.15) is 0 Å². The zero-order valence-electron chi connectivity index (χ0n) is 17.4. The number of nitrogens with one attached hydrogen (secondary N) is 1. The number of carbonyl (C=O) groups excluding carboxylic acids is 2. The molecule has 0 aliphatic heterocycles. The molecule has 0 spiro atoms. The molecule has 2 atom stereocenters. The molecule has 2 aromatic carbocycles. The van der Waals surface area contributed by atoms with Crippen molar-refractivity contribution in [2.45, 2.75) is 43.5 Å². The van der Waals surface area contributed by atoms with E-state index in [9.17, 15) is 14.4 Å². The van der Waals surface area contributed by atoms with Crippen LogP contribution in [0.1, 0.15) is 38.7 Å². The first kappa shape index (κ1) is 22.8. The molecular weight excluding hydrogens is 436 g/mol. The Morgan fingerprint density at radius 3 is 2.48 bits per heavy atom. The first-order valence-electron chi connectivity index (χ1n) is 9.80. The summed E-state index contributed by atoms with van der Waals surface area (Å²) in [5.41, 5.74) is 7.00. The van der Waals surface area contributed by atoms with E-state index in [4.69, 9.17) is 17.3 Å². The van der Waals surface area contributed by atoms with E-state index in [1.165, 1.54) is 10.1 Å². The molecule has 0 aliphatic rings. The van der Waals surface area contributed by atoms with Gasteiger partial charge in [-0.1, -0.05) is 49.3 Å². The SMILES string of the molecule is CCC(C)c1ccc(-n2c(SC(C)C(=O)NC(N)=O)nc3ccc(Cl)cc3c2=O)cc1. The zero-order chi connectivity index (χ0) is 22.7. The maximum atomic E-state index is 13.4. The highest BCUT2D eigenvalue weighted by Crippen LogP contribution is 2.27. The molecule has 9 heteroatoms. The molecule has 3 aromatic rings. The van der Waals surface area contributed by atoms with Crippen molar-refractivity contribution in [1.29, 1.82) is 0 Å². The summed E-state index contributed by atoms with van der Waals surface area (Å²) in [5.74, 6) is -0.174. The summed E-state index contributed by atoms with van der Waals surface area (Å²) >= 11 is 7.16. The Kier molecular flexibility index (Phi) is 7.02. The van der Waals surface area contributed by atoms with Gasteiger partial charge in [-0.2, -0.15) is 0 Å². The average molecular weight is 459 g/mol. The van der Waals surface area contributed by atoms with Crippen molar-refractivity contribution >= 4 is 46.2 Å². The fourth-order valence-corrected chi connectivity index (χ4v) is 4.17. The van der Waals surface area contributed by atoms with Crippen LogP contribution in [0.5, 0.6) is 0 Å². The number of thioether (sulfide) groups is 1. The minimum Gasteiger partial charge on any atom is -0.351 e. The highest BCUT2D eigenvalue weighted by atomic mass is 35.5. The predicted octanol–water partition coefficient (Wildman–Crippen LogP) is 4.23. The lowest BCUT2D eigenvalue weighted by Gasteiger charge is -2.17. The van der Waals surface area contributed by atoms with Crippen LogP contribution in [0.2, 0.25) is 5.02 Å². The highest BCUT2D eigenvalue weighted by Gasteiger charge is 2.21. The van der Waals surface area contributed by atoms with Gasteiger partial charge in [0.15, 0.2) is 5.16 Å². The molecule has 3 N–H and O–H groups in total. The van der Waals surface area contributed by atoms with Gasteiger partial charge in [-0.25, -0.2) is 9.78 Å². The van der Waals surface area contributed by atoms with E-state index >= 15 is 0 Å². The number of primary amides is 1. The molecule has 3 amide bonds. The number of halogens is 1. The van der Waals surface area contributed by atoms with Gasteiger partial charge >= 0.3 is 6.03 Å². The van der Waals surface area contributed by atoms with Gasteiger partial charge in [0, 0.05) is 5.02 Å². The first-order chi connectivity index (χ1) is 14.7. The van der Waals surface area contributed by atoms with Crippen molar-refractivity contribution in [2.24, 2.45) is 5.73 Å². The third-order valence-electron chi connectivity index (χ3n) is 5.03. The molecule has 1 heterocycles. The second-order valence-electron chi connectivity index (χ2n) is 7.21. The minimum atomic E-state index is -0.934. The van der Waals surface area contributed by atoms with Crippen molar-refractivity contribution in [3.8, 4) is 5.69 Å². The third-order valence-corrected chi connectivity index (χ3v) is 6.32. The summed E-state index contributed by atoms with van der Waals surface area (Å²) in [7, 11) is 0. The van der Waals surface area contributed by atoms with Gasteiger partial charge in [-0.15, -0.1) is 0 Å². The molecule has 162 valence electrons. The quantitative estimate of drug-likeness (QED) is 0.424. The van der Waals surface area contributed by atoms with Crippen molar-refractivity contribution in [1.82, 2.24) is 14.9 Å². The number of carbonyl (C=O) groups is 2. The second-order valence-corrected chi connectivity index (χ2v) is 8.96. The van der Waals surface area contributed by atoms with Crippen molar-refractivity contribution in [2.75, 3.05) is 0 Å². The van der Waals surface area contributed by atoms with Crippen LogP contribution in [0, 0.1) is 0 Å². The molecule has 0 saturated heterocycles. The molecule has 0 aliphatic carbocycles. The Bertz CT molecular complexity index is 1190. The number of hydrogen-bond donors (Lipinski definition) is 2. The lowest BCUT2D eigenvalue weighted by molar-refractivity contribution is -0.119. The summed E-state index contributed by atoms with van der Waals surface area (Å²) in [6.07, 6.45) is 1.00. The van der Waals surface area contributed by atoms with Crippen molar-refractivity contribution < 1.29 is 9.59 Å². The average Bonchev–Trinajstić information content (AvgIpc) is 2.73. The van der Waals surface area contributed by atoms with Crippen LogP contribution < -0.4 is 16.6 Å². The number of aromatic nitrogens is 2. The Labute approximate surface area is 189 Å². The summed E-state index contributed by atoms with van der Waals surface area (Å²) in [4.78, 5) is 41.2. The lowest BCUT2D eigenvalue weighted by atomic mass is 9.98. The van der Waals surface area contributed by atoms with Crippen LogP contribution in [0.4, 0.5) is 4.79 Å². The van der Waals surface area contributed by atoms with Crippen LogP contribution >= 0.6 is 23.4 Å². The number of rotatable bonds is 6. The Hall–Kier alpha value is -2.84. The Morgan fingerprint density at radius 2 is 1.87 bits per heavy atom. The number of fused-ring (bicyclic) bond motifs is 1. The standard InChI is InChI=1S/C22H23ClN4O3S/c1-4-12(2)14-5-8-16(9-6-14)27-20(29)17-11-15(23)7-10-18(17)25-22(27)31-13(3)19(28)26-21(24)30/h5-13H,4H2,1-3H3,(H3,24,26,28,30). The van der Waals surface area contributed by atoms with Gasteiger partial charge in [0.05, 0.1) is 21.8 Å². The predicted molar refractivity (Wildman–Crippen MR) is 124 cm³/mol. The first-order valence-corrected chi connectivity index (χ1v) is 11.1. The fraction of sp³-hybridized carbons (Fsp3) is 0.273.